The molecule has 1 aliphatic heterocycles. The van der Waals surface area contributed by atoms with Gasteiger partial charge in [-0.15, -0.1) is 0 Å². The van der Waals surface area contributed by atoms with Crippen LogP contribution in [-0.4, -0.2) is 65.2 Å². The fourth-order valence-corrected chi connectivity index (χ4v) is 2.64. The molecule has 0 bridgehead atoms. The van der Waals surface area contributed by atoms with Crippen molar-refractivity contribution in [3.8, 4) is 0 Å². The second kappa shape index (κ2) is 8.86. The van der Waals surface area contributed by atoms with Crippen molar-refractivity contribution in [1.29, 1.82) is 0 Å². The van der Waals surface area contributed by atoms with Gasteiger partial charge in [0.25, 0.3) is 0 Å². The monoisotopic (exact) mass is 323 g/mol. The summed E-state index contributed by atoms with van der Waals surface area (Å²) in [6, 6.07) is 0.0383. The molecule has 0 radical (unpaired) electrons. The number of hydrogen-bond donors (Lipinski definition) is 1. The molecule has 0 atom stereocenters. The van der Waals surface area contributed by atoms with Crippen molar-refractivity contribution in [3.05, 3.63) is 11.7 Å². The van der Waals surface area contributed by atoms with E-state index < -0.39 is 0 Å². The van der Waals surface area contributed by atoms with E-state index in [0.29, 0.717) is 18.9 Å². The Morgan fingerprint density at radius 2 is 2.13 bits per heavy atom. The lowest BCUT2D eigenvalue weighted by atomic mass is 10.2. The molecule has 1 aromatic rings. The molecule has 0 aromatic carbocycles. The Morgan fingerprint density at radius 1 is 1.30 bits per heavy atom. The van der Waals surface area contributed by atoms with Crippen molar-refractivity contribution in [2.24, 2.45) is 0 Å². The third-order valence-electron chi connectivity index (χ3n) is 4.17. The van der Waals surface area contributed by atoms with E-state index in [1.165, 1.54) is 0 Å². The molecule has 0 spiro atoms. The van der Waals surface area contributed by atoms with Gasteiger partial charge in [0.1, 0.15) is 0 Å². The van der Waals surface area contributed by atoms with Crippen molar-refractivity contribution in [2.45, 2.75) is 46.0 Å². The third-order valence-corrected chi connectivity index (χ3v) is 4.17. The number of aromatic nitrogens is 2. The summed E-state index contributed by atoms with van der Waals surface area (Å²) in [5, 5.41) is 6.93. The number of likely N-dealkylation sites (N-methyl/N-ethyl adjacent to an activating group) is 1. The van der Waals surface area contributed by atoms with E-state index in [1.807, 2.05) is 18.7 Å². The molecule has 130 valence electrons. The van der Waals surface area contributed by atoms with Crippen LogP contribution in [0.2, 0.25) is 0 Å². The summed E-state index contributed by atoms with van der Waals surface area (Å²) in [5.74, 6) is 1.67. The molecule has 0 saturated carbocycles. The van der Waals surface area contributed by atoms with Crippen LogP contribution in [-0.2, 0) is 6.42 Å². The summed E-state index contributed by atoms with van der Waals surface area (Å²) in [6.07, 6.45) is 2.55. The molecular weight excluding hydrogens is 294 g/mol. The number of nitrogens with zero attached hydrogens (tertiary/aromatic N) is 4. The van der Waals surface area contributed by atoms with Crippen LogP contribution in [0.3, 0.4) is 0 Å². The second-order valence-electron chi connectivity index (χ2n) is 6.31. The number of carbonyl (C=O) groups is 1. The molecule has 1 saturated heterocycles. The maximum Gasteiger partial charge on any atom is 0.317 e. The third kappa shape index (κ3) is 5.49. The zero-order valence-corrected chi connectivity index (χ0v) is 14.5. The summed E-state index contributed by atoms with van der Waals surface area (Å²) in [5.41, 5.74) is 0. The summed E-state index contributed by atoms with van der Waals surface area (Å²) in [7, 11) is 0. The van der Waals surface area contributed by atoms with Crippen LogP contribution >= 0.6 is 0 Å². The highest BCUT2D eigenvalue weighted by Crippen LogP contribution is 2.10. The highest BCUT2D eigenvalue weighted by molar-refractivity contribution is 5.74. The zero-order chi connectivity index (χ0) is 16.7. The molecule has 1 aromatic heterocycles. The van der Waals surface area contributed by atoms with E-state index in [9.17, 15) is 4.79 Å². The predicted octanol–water partition coefficient (Wildman–Crippen LogP) is 1.86. The Hall–Kier alpha value is -1.63. The Morgan fingerprint density at radius 3 is 2.83 bits per heavy atom. The normalized spacial score (nSPS) is 16.6. The molecule has 2 amide bonds. The topological polar surface area (TPSA) is 74.5 Å². The average Bonchev–Trinajstić information content (AvgIpc) is 2.88. The number of nitrogens with one attached hydrogen (secondary N) is 1. The SMILES string of the molecule is CCN1CCCN(C(=O)NCCCc2nc(C(C)C)no2)CC1. The standard InChI is InChI=1S/C16H29N5O2/c1-4-20-9-6-10-21(12-11-20)16(22)17-8-5-7-14-18-15(13(2)3)19-23-14/h13H,4-12H2,1-3H3,(H,17,22). The fraction of sp³-hybridized carbons (Fsp3) is 0.812. The Balaban J connectivity index is 1.66. The Labute approximate surface area is 138 Å². The molecule has 0 aliphatic carbocycles. The van der Waals surface area contributed by atoms with Gasteiger partial charge in [0.05, 0.1) is 0 Å². The lowest BCUT2D eigenvalue weighted by molar-refractivity contribution is 0.198. The first-order chi connectivity index (χ1) is 11.1. The molecule has 2 rings (SSSR count). The molecular formula is C16H29N5O2. The Kier molecular flexibility index (Phi) is 6.83. The van der Waals surface area contributed by atoms with Gasteiger partial charge in [-0.05, 0) is 25.9 Å². The van der Waals surface area contributed by atoms with Gasteiger partial charge in [0, 0.05) is 38.5 Å². The first-order valence-electron chi connectivity index (χ1n) is 8.67. The van der Waals surface area contributed by atoms with Crippen LogP contribution < -0.4 is 5.32 Å². The number of urea groups is 1. The minimum absolute atomic E-state index is 0.0383. The fourth-order valence-electron chi connectivity index (χ4n) is 2.64. The van der Waals surface area contributed by atoms with Crippen LogP contribution in [0.4, 0.5) is 4.79 Å². The van der Waals surface area contributed by atoms with E-state index in [0.717, 1.165) is 51.4 Å². The smallest absolute Gasteiger partial charge is 0.317 e. The largest absolute Gasteiger partial charge is 0.339 e. The summed E-state index contributed by atoms with van der Waals surface area (Å²) >= 11 is 0. The van der Waals surface area contributed by atoms with Crippen LogP contribution in [0.15, 0.2) is 4.52 Å². The van der Waals surface area contributed by atoms with Gasteiger partial charge in [-0.1, -0.05) is 25.9 Å². The van der Waals surface area contributed by atoms with Crippen LogP contribution in [0.5, 0.6) is 0 Å². The molecule has 1 N–H and O–H groups in total. The van der Waals surface area contributed by atoms with Crippen LogP contribution in [0, 0.1) is 0 Å². The van der Waals surface area contributed by atoms with E-state index in [-0.39, 0.29) is 11.9 Å². The minimum atomic E-state index is 0.0383. The van der Waals surface area contributed by atoms with E-state index in [2.05, 4.69) is 27.3 Å². The van der Waals surface area contributed by atoms with Gasteiger partial charge in [-0.25, -0.2) is 4.79 Å². The maximum atomic E-state index is 12.2. The first-order valence-corrected chi connectivity index (χ1v) is 8.67. The molecule has 7 heteroatoms. The molecule has 0 unspecified atom stereocenters. The van der Waals surface area contributed by atoms with Gasteiger partial charge in [-0.3, -0.25) is 0 Å². The number of amides is 2. The van der Waals surface area contributed by atoms with Gasteiger partial charge in [-0.2, -0.15) is 4.98 Å². The van der Waals surface area contributed by atoms with Crippen molar-refractivity contribution in [2.75, 3.05) is 39.3 Å². The first kappa shape index (κ1) is 17.7. The predicted molar refractivity (Wildman–Crippen MR) is 88.4 cm³/mol. The van der Waals surface area contributed by atoms with Crippen molar-refractivity contribution < 1.29 is 9.32 Å². The number of carbonyl (C=O) groups excluding carboxylic acids is 1. The van der Waals surface area contributed by atoms with Crippen LogP contribution in [0.25, 0.3) is 0 Å². The number of hydrogen-bond acceptors (Lipinski definition) is 5. The second-order valence-corrected chi connectivity index (χ2v) is 6.31. The average molecular weight is 323 g/mol. The number of aryl methyl sites for hydroxylation is 1. The molecule has 2 heterocycles. The molecule has 1 fully saturated rings. The maximum absolute atomic E-state index is 12.2. The van der Waals surface area contributed by atoms with Crippen molar-refractivity contribution >= 4 is 6.03 Å². The van der Waals surface area contributed by atoms with E-state index in [4.69, 9.17) is 4.52 Å². The molecule has 23 heavy (non-hydrogen) atoms. The summed E-state index contributed by atoms with van der Waals surface area (Å²) in [6.45, 7) is 11.6. The lowest BCUT2D eigenvalue weighted by Crippen LogP contribution is -2.42. The van der Waals surface area contributed by atoms with Gasteiger partial charge >= 0.3 is 6.03 Å². The molecule has 1 aliphatic rings. The lowest BCUT2D eigenvalue weighted by Gasteiger charge is -2.21. The van der Waals surface area contributed by atoms with Gasteiger partial charge in [0.15, 0.2) is 5.82 Å². The molecule has 7 nitrogen and oxygen atoms in total. The highest BCUT2D eigenvalue weighted by Gasteiger charge is 2.17. The van der Waals surface area contributed by atoms with Crippen LogP contribution in [0.1, 0.15) is 51.2 Å². The zero-order valence-electron chi connectivity index (χ0n) is 14.5. The minimum Gasteiger partial charge on any atom is -0.339 e. The summed E-state index contributed by atoms with van der Waals surface area (Å²) < 4.78 is 5.20. The van der Waals surface area contributed by atoms with Gasteiger partial charge < -0.3 is 19.6 Å². The Bertz CT molecular complexity index is 489. The highest BCUT2D eigenvalue weighted by atomic mass is 16.5. The van der Waals surface area contributed by atoms with Crippen molar-refractivity contribution in [1.82, 2.24) is 25.3 Å². The van der Waals surface area contributed by atoms with E-state index >= 15 is 0 Å². The van der Waals surface area contributed by atoms with E-state index in [1.54, 1.807) is 0 Å². The quantitative estimate of drug-likeness (QED) is 0.809. The summed E-state index contributed by atoms with van der Waals surface area (Å²) in [4.78, 5) is 20.8. The van der Waals surface area contributed by atoms with Crippen molar-refractivity contribution in [3.63, 3.8) is 0 Å². The number of rotatable bonds is 6. The van der Waals surface area contributed by atoms with Gasteiger partial charge in [0.2, 0.25) is 5.89 Å².